The second kappa shape index (κ2) is 12.0. The zero-order valence-corrected chi connectivity index (χ0v) is 12.2. The smallest absolute Gasteiger partial charge is 0.389 e. The van der Waals surface area contributed by atoms with E-state index in [0.29, 0.717) is 6.42 Å². The van der Waals surface area contributed by atoms with E-state index < -0.39 is 18.6 Å². The van der Waals surface area contributed by atoms with Crippen molar-refractivity contribution in [1.82, 2.24) is 0 Å². The molecule has 0 aliphatic carbocycles. The first-order valence-corrected chi connectivity index (χ1v) is 7.70. The van der Waals surface area contributed by atoms with Crippen LogP contribution < -0.4 is 0 Å². The van der Waals surface area contributed by atoms with Gasteiger partial charge in [0, 0.05) is 12.8 Å². The summed E-state index contributed by atoms with van der Waals surface area (Å²) in [5.74, 6) is -0.726. The van der Waals surface area contributed by atoms with Gasteiger partial charge in [-0.3, -0.25) is 4.79 Å². The number of aliphatic carboxylic acids is 1. The van der Waals surface area contributed by atoms with Gasteiger partial charge in [-0.05, 0) is 12.8 Å². The molecule has 20 heavy (non-hydrogen) atoms. The molecule has 0 unspecified atom stereocenters. The molecule has 120 valence electrons. The number of hydrogen-bond donors (Lipinski definition) is 1. The minimum absolute atomic E-state index is 0.257. The molecule has 0 amide bonds. The molecule has 0 bridgehead atoms. The molecule has 0 radical (unpaired) electrons. The Morgan fingerprint density at radius 1 is 0.700 bits per heavy atom. The minimum Gasteiger partial charge on any atom is -0.481 e. The minimum atomic E-state index is -4.00. The molecule has 1 N–H and O–H groups in total. The molecule has 0 heterocycles. The predicted octanol–water partition coefficient (Wildman–Crippen LogP) is 5.70. The van der Waals surface area contributed by atoms with Crippen LogP contribution in [0.2, 0.25) is 0 Å². The molecule has 2 nitrogen and oxygen atoms in total. The Morgan fingerprint density at radius 2 is 1.05 bits per heavy atom. The van der Waals surface area contributed by atoms with Crippen molar-refractivity contribution in [3.63, 3.8) is 0 Å². The van der Waals surface area contributed by atoms with Crippen LogP contribution in [0.4, 0.5) is 13.2 Å². The van der Waals surface area contributed by atoms with Gasteiger partial charge in [0.15, 0.2) is 0 Å². The number of rotatable bonds is 13. The lowest BCUT2D eigenvalue weighted by Crippen LogP contribution is -2.06. The molecule has 0 atom stereocenters. The highest BCUT2D eigenvalue weighted by Gasteiger charge is 2.25. The third-order valence-electron chi connectivity index (χ3n) is 3.35. The maximum Gasteiger partial charge on any atom is 0.389 e. The molecule has 0 spiro atoms. The summed E-state index contributed by atoms with van der Waals surface area (Å²) in [5, 5.41) is 8.46. The standard InChI is InChI=1S/C15H27F3O2/c16-15(17,18)13-11-9-7-5-3-1-2-4-6-8-10-12-14(19)20/h1-13H2,(H,19,20). The summed E-state index contributed by atoms with van der Waals surface area (Å²) in [6, 6.07) is 0. The van der Waals surface area contributed by atoms with Crippen LogP contribution >= 0.6 is 0 Å². The summed E-state index contributed by atoms with van der Waals surface area (Å²) in [4.78, 5) is 10.3. The van der Waals surface area contributed by atoms with Crippen molar-refractivity contribution in [2.75, 3.05) is 0 Å². The summed E-state index contributed by atoms with van der Waals surface area (Å²) >= 11 is 0. The molecule has 0 aliphatic heterocycles. The van der Waals surface area contributed by atoms with Crippen molar-refractivity contribution in [2.45, 2.75) is 89.6 Å². The zero-order chi connectivity index (χ0) is 15.3. The zero-order valence-electron chi connectivity index (χ0n) is 12.2. The maximum absolute atomic E-state index is 11.9. The topological polar surface area (TPSA) is 37.3 Å². The Labute approximate surface area is 119 Å². The van der Waals surface area contributed by atoms with E-state index in [9.17, 15) is 18.0 Å². The SMILES string of the molecule is O=C(O)CCCCCCCCCCCCCC(F)(F)F. The van der Waals surface area contributed by atoms with Crippen LogP contribution in [0.5, 0.6) is 0 Å². The van der Waals surface area contributed by atoms with Crippen molar-refractivity contribution in [1.29, 1.82) is 0 Å². The Hall–Kier alpha value is -0.740. The Morgan fingerprint density at radius 3 is 1.40 bits per heavy atom. The van der Waals surface area contributed by atoms with E-state index in [-0.39, 0.29) is 12.8 Å². The van der Waals surface area contributed by atoms with Crippen LogP contribution in [-0.4, -0.2) is 17.3 Å². The molecule has 0 aliphatic rings. The van der Waals surface area contributed by atoms with Crippen molar-refractivity contribution >= 4 is 5.97 Å². The number of alkyl halides is 3. The highest BCUT2D eigenvalue weighted by Crippen LogP contribution is 2.23. The quantitative estimate of drug-likeness (QED) is 0.442. The molecule has 0 saturated heterocycles. The second-order valence-electron chi connectivity index (χ2n) is 5.40. The maximum atomic E-state index is 11.9. The summed E-state index contributed by atoms with van der Waals surface area (Å²) in [6.45, 7) is 0. The first kappa shape index (κ1) is 19.3. The molecule has 0 aromatic heterocycles. The molecular weight excluding hydrogens is 269 g/mol. The Bertz CT molecular complexity index is 240. The van der Waals surface area contributed by atoms with Crippen molar-refractivity contribution < 1.29 is 23.1 Å². The van der Waals surface area contributed by atoms with Gasteiger partial charge >= 0.3 is 12.1 Å². The molecule has 0 aromatic rings. The lowest BCUT2D eigenvalue weighted by molar-refractivity contribution is -0.137. The summed E-state index contributed by atoms with van der Waals surface area (Å²) in [6.07, 6.45) is 5.80. The first-order chi connectivity index (χ1) is 9.42. The number of carboxylic acid groups (broad SMARTS) is 1. The molecular formula is C15H27F3O2. The fourth-order valence-electron chi connectivity index (χ4n) is 2.19. The second-order valence-corrected chi connectivity index (χ2v) is 5.40. The van der Waals surface area contributed by atoms with Crippen LogP contribution in [0, 0.1) is 0 Å². The van der Waals surface area contributed by atoms with E-state index in [1.807, 2.05) is 0 Å². The summed E-state index contributed by atoms with van der Waals surface area (Å²) in [5.41, 5.74) is 0. The van der Waals surface area contributed by atoms with Crippen LogP contribution in [0.1, 0.15) is 83.5 Å². The van der Waals surface area contributed by atoms with Gasteiger partial charge in [0.1, 0.15) is 0 Å². The molecule has 0 fully saturated rings. The van der Waals surface area contributed by atoms with Crippen molar-refractivity contribution in [3.8, 4) is 0 Å². The average Bonchev–Trinajstić information content (AvgIpc) is 2.33. The van der Waals surface area contributed by atoms with Crippen LogP contribution in [0.25, 0.3) is 0 Å². The Kier molecular flexibility index (Phi) is 11.6. The fraction of sp³-hybridized carbons (Fsp3) is 0.933. The number of hydrogen-bond acceptors (Lipinski definition) is 1. The molecule has 0 saturated carbocycles. The van der Waals surface area contributed by atoms with E-state index in [1.54, 1.807) is 0 Å². The van der Waals surface area contributed by atoms with E-state index in [4.69, 9.17) is 5.11 Å². The van der Waals surface area contributed by atoms with Gasteiger partial charge in [-0.1, -0.05) is 57.8 Å². The first-order valence-electron chi connectivity index (χ1n) is 7.70. The fourth-order valence-corrected chi connectivity index (χ4v) is 2.19. The normalized spacial score (nSPS) is 11.8. The third-order valence-corrected chi connectivity index (χ3v) is 3.35. The van der Waals surface area contributed by atoms with Crippen LogP contribution in [0.15, 0.2) is 0 Å². The van der Waals surface area contributed by atoms with E-state index in [2.05, 4.69) is 0 Å². The van der Waals surface area contributed by atoms with Crippen molar-refractivity contribution in [2.24, 2.45) is 0 Å². The van der Waals surface area contributed by atoms with Crippen LogP contribution in [0.3, 0.4) is 0 Å². The number of carbonyl (C=O) groups is 1. The predicted molar refractivity (Wildman–Crippen MR) is 73.7 cm³/mol. The van der Waals surface area contributed by atoms with Crippen molar-refractivity contribution in [3.05, 3.63) is 0 Å². The van der Waals surface area contributed by atoms with E-state index in [1.165, 1.54) is 0 Å². The lowest BCUT2D eigenvalue weighted by Gasteiger charge is -2.05. The molecule has 5 heteroatoms. The van der Waals surface area contributed by atoms with Gasteiger partial charge in [-0.2, -0.15) is 13.2 Å². The van der Waals surface area contributed by atoms with Gasteiger partial charge in [-0.15, -0.1) is 0 Å². The Balaban J connectivity index is 3.05. The molecule has 0 aromatic carbocycles. The number of halogens is 3. The van der Waals surface area contributed by atoms with Gasteiger partial charge in [0.25, 0.3) is 0 Å². The average molecular weight is 296 g/mol. The number of unbranched alkanes of at least 4 members (excludes halogenated alkanes) is 10. The summed E-state index contributed by atoms with van der Waals surface area (Å²) < 4.78 is 35.6. The van der Waals surface area contributed by atoms with E-state index in [0.717, 1.165) is 57.8 Å². The summed E-state index contributed by atoms with van der Waals surface area (Å²) in [7, 11) is 0. The lowest BCUT2D eigenvalue weighted by atomic mass is 10.0. The van der Waals surface area contributed by atoms with Crippen LogP contribution in [-0.2, 0) is 4.79 Å². The third kappa shape index (κ3) is 17.3. The largest absolute Gasteiger partial charge is 0.481 e. The van der Waals surface area contributed by atoms with Gasteiger partial charge in [0.05, 0.1) is 0 Å². The molecule has 0 rings (SSSR count). The van der Waals surface area contributed by atoms with E-state index >= 15 is 0 Å². The highest BCUT2D eigenvalue weighted by atomic mass is 19.4. The van der Waals surface area contributed by atoms with Gasteiger partial charge < -0.3 is 5.11 Å². The monoisotopic (exact) mass is 296 g/mol. The van der Waals surface area contributed by atoms with Gasteiger partial charge in [-0.25, -0.2) is 0 Å². The highest BCUT2D eigenvalue weighted by molar-refractivity contribution is 5.66. The number of carboxylic acids is 1. The van der Waals surface area contributed by atoms with Gasteiger partial charge in [0.2, 0.25) is 0 Å².